The van der Waals surface area contributed by atoms with Crippen molar-refractivity contribution in [2.45, 2.75) is 18.7 Å². The van der Waals surface area contributed by atoms with Crippen molar-refractivity contribution in [3.8, 4) is 0 Å². The van der Waals surface area contributed by atoms with Gasteiger partial charge in [0.2, 0.25) is 10.0 Å². The van der Waals surface area contributed by atoms with E-state index in [0.717, 1.165) is 4.31 Å². The van der Waals surface area contributed by atoms with Crippen molar-refractivity contribution >= 4 is 39.2 Å². The van der Waals surface area contributed by atoms with Gasteiger partial charge in [0.05, 0.1) is 10.8 Å². The molecule has 112 valence electrons. The molecule has 1 atom stereocenters. The zero-order chi connectivity index (χ0) is 15.7. The number of halogens is 2. The molecule has 0 bridgehead atoms. The molecule has 0 amide bonds. The van der Waals surface area contributed by atoms with E-state index in [-0.39, 0.29) is 21.5 Å². The van der Waals surface area contributed by atoms with E-state index in [1.165, 1.54) is 26.1 Å². The predicted molar refractivity (Wildman–Crippen MR) is 77.8 cm³/mol. The molecule has 5 nitrogen and oxygen atoms in total. The molecule has 0 aliphatic heterocycles. The molecule has 1 unspecified atom stereocenters. The normalized spacial score (nSPS) is 13.5. The van der Waals surface area contributed by atoms with Gasteiger partial charge in [-0.1, -0.05) is 30.1 Å². The summed E-state index contributed by atoms with van der Waals surface area (Å²) in [7, 11) is -2.51. The Balaban J connectivity index is 3.14. The fourth-order valence-corrected chi connectivity index (χ4v) is 3.44. The maximum atomic E-state index is 12.3. The summed E-state index contributed by atoms with van der Waals surface area (Å²) < 4.78 is 25.6. The summed E-state index contributed by atoms with van der Waals surface area (Å²) in [5.74, 6) is -1.88. The number of carboxylic acids is 1. The van der Waals surface area contributed by atoms with Gasteiger partial charge in [0, 0.05) is 23.6 Å². The maximum Gasteiger partial charge on any atom is 0.307 e. The molecule has 0 heterocycles. The van der Waals surface area contributed by atoms with Crippen LogP contribution in [0.2, 0.25) is 10.0 Å². The molecule has 0 radical (unpaired) electrons. The molecule has 0 aromatic heterocycles. The molecular weight excluding hydrogens is 325 g/mol. The van der Waals surface area contributed by atoms with Gasteiger partial charge < -0.3 is 5.11 Å². The van der Waals surface area contributed by atoms with Crippen molar-refractivity contribution in [1.29, 1.82) is 0 Å². The Bertz CT molecular complexity index is 607. The molecule has 1 rings (SSSR count). The van der Waals surface area contributed by atoms with E-state index in [4.69, 9.17) is 28.3 Å². The summed E-state index contributed by atoms with van der Waals surface area (Å²) >= 11 is 11.8. The first-order valence-electron chi connectivity index (χ1n) is 5.72. The van der Waals surface area contributed by atoms with Crippen LogP contribution >= 0.6 is 23.2 Å². The van der Waals surface area contributed by atoms with E-state index in [0.29, 0.717) is 5.56 Å². The third-order valence-electron chi connectivity index (χ3n) is 2.92. The van der Waals surface area contributed by atoms with Crippen LogP contribution in [0.15, 0.2) is 17.0 Å². The van der Waals surface area contributed by atoms with E-state index < -0.39 is 21.9 Å². The Morgan fingerprint density at radius 1 is 1.35 bits per heavy atom. The second kappa shape index (κ2) is 6.30. The maximum absolute atomic E-state index is 12.3. The van der Waals surface area contributed by atoms with E-state index >= 15 is 0 Å². The Kier molecular flexibility index (Phi) is 5.43. The molecule has 0 saturated carbocycles. The van der Waals surface area contributed by atoms with Gasteiger partial charge in [-0.25, -0.2) is 12.7 Å². The molecular formula is C12H15Cl2NO4S. The van der Waals surface area contributed by atoms with Crippen molar-refractivity contribution in [1.82, 2.24) is 4.31 Å². The largest absolute Gasteiger partial charge is 0.481 e. The zero-order valence-electron chi connectivity index (χ0n) is 11.2. The second-order valence-electron chi connectivity index (χ2n) is 4.54. The van der Waals surface area contributed by atoms with Gasteiger partial charge >= 0.3 is 5.97 Å². The number of rotatable bonds is 5. The number of hydrogen-bond acceptors (Lipinski definition) is 3. The minimum Gasteiger partial charge on any atom is -0.481 e. The van der Waals surface area contributed by atoms with Crippen LogP contribution < -0.4 is 0 Å². The van der Waals surface area contributed by atoms with Crippen LogP contribution in [0.1, 0.15) is 12.5 Å². The van der Waals surface area contributed by atoms with Crippen molar-refractivity contribution in [3.05, 3.63) is 27.7 Å². The lowest BCUT2D eigenvalue weighted by atomic mass is 10.2. The first-order valence-corrected chi connectivity index (χ1v) is 7.91. The standard InChI is InChI=1S/C12H15Cl2NO4S/c1-7(12(16)17)6-15(3)20(18,19)9-4-10(13)8(2)11(14)5-9/h4-5,7H,6H2,1-3H3,(H,16,17). The van der Waals surface area contributed by atoms with Gasteiger partial charge in [0.15, 0.2) is 0 Å². The Hall–Kier alpha value is -0.820. The van der Waals surface area contributed by atoms with Crippen molar-refractivity contribution in [3.63, 3.8) is 0 Å². The molecule has 0 saturated heterocycles. The summed E-state index contributed by atoms with van der Waals surface area (Å²) in [5, 5.41) is 9.32. The summed E-state index contributed by atoms with van der Waals surface area (Å²) in [5.41, 5.74) is 0.592. The topological polar surface area (TPSA) is 74.7 Å². The number of carbonyl (C=O) groups is 1. The number of nitrogens with zero attached hydrogens (tertiary/aromatic N) is 1. The molecule has 0 fully saturated rings. The fraction of sp³-hybridized carbons (Fsp3) is 0.417. The summed E-state index contributed by atoms with van der Waals surface area (Å²) in [6.45, 7) is 2.97. The SMILES string of the molecule is Cc1c(Cl)cc(S(=O)(=O)N(C)CC(C)C(=O)O)cc1Cl. The Morgan fingerprint density at radius 2 is 1.80 bits per heavy atom. The van der Waals surface area contributed by atoms with Crippen molar-refractivity contribution in [2.75, 3.05) is 13.6 Å². The highest BCUT2D eigenvalue weighted by atomic mass is 35.5. The van der Waals surface area contributed by atoms with Crippen LogP contribution in [0.5, 0.6) is 0 Å². The molecule has 1 aromatic rings. The zero-order valence-corrected chi connectivity index (χ0v) is 13.6. The average Bonchev–Trinajstić information content (AvgIpc) is 2.34. The third-order valence-corrected chi connectivity index (χ3v) is 5.50. The number of aliphatic carboxylic acids is 1. The first kappa shape index (κ1) is 17.2. The van der Waals surface area contributed by atoms with Crippen LogP contribution in [0.25, 0.3) is 0 Å². The third kappa shape index (κ3) is 3.63. The van der Waals surface area contributed by atoms with Gasteiger partial charge in [-0.15, -0.1) is 0 Å². The fourth-order valence-electron chi connectivity index (χ4n) is 1.51. The molecule has 0 spiro atoms. The molecule has 0 aliphatic carbocycles. The molecule has 1 aromatic carbocycles. The van der Waals surface area contributed by atoms with Crippen LogP contribution in [0.3, 0.4) is 0 Å². The highest BCUT2D eigenvalue weighted by Gasteiger charge is 2.25. The highest BCUT2D eigenvalue weighted by Crippen LogP contribution is 2.29. The van der Waals surface area contributed by atoms with Crippen molar-refractivity contribution < 1.29 is 18.3 Å². The van der Waals surface area contributed by atoms with Gasteiger partial charge in [-0.05, 0) is 24.6 Å². The predicted octanol–water partition coefficient (Wildman–Crippen LogP) is 2.64. The van der Waals surface area contributed by atoms with Gasteiger partial charge in [-0.2, -0.15) is 0 Å². The van der Waals surface area contributed by atoms with Crippen LogP contribution in [-0.4, -0.2) is 37.4 Å². The summed E-state index contributed by atoms with van der Waals surface area (Å²) in [4.78, 5) is 10.7. The van der Waals surface area contributed by atoms with Gasteiger partial charge in [-0.3, -0.25) is 4.79 Å². The number of benzene rings is 1. The minimum absolute atomic E-state index is 0.0572. The summed E-state index contributed by atoms with van der Waals surface area (Å²) in [6, 6.07) is 2.61. The average molecular weight is 340 g/mol. The molecule has 1 N–H and O–H groups in total. The van der Waals surface area contributed by atoms with E-state index in [2.05, 4.69) is 0 Å². The first-order chi connectivity index (χ1) is 9.07. The van der Waals surface area contributed by atoms with E-state index in [1.54, 1.807) is 6.92 Å². The monoisotopic (exact) mass is 339 g/mol. The lowest BCUT2D eigenvalue weighted by Crippen LogP contribution is -2.33. The minimum atomic E-state index is -3.83. The van der Waals surface area contributed by atoms with Crippen molar-refractivity contribution in [2.24, 2.45) is 5.92 Å². The smallest absolute Gasteiger partial charge is 0.307 e. The molecule has 8 heteroatoms. The Labute approximate surface area is 128 Å². The molecule has 0 aliphatic rings. The van der Waals surface area contributed by atoms with E-state index in [1.807, 2.05) is 0 Å². The lowest BCUT2D eigenvalue weighted by Gasteiger charge is -2.19. The second-order valence-corrected chi connectivity index (χ2v) is 7.40. The lowest BCUT2D eigenvalue weighted by molar-refractivity contribution is -0.141. The molecule has 20 heavy (non-hydrogen) atoms. The number of hydrogen-bond donors (Lipinski definition) is 1. The van der Waals surface area contributed by atoms with Crippen LogP contribution in [-0.2, 0) is 14.8 Å². The van der Waals surface area contributed by atoms with Gasteiger partial charge in [0.25, 0.3) is 0 Å². The van der Waals surface area contributed by atoms with Crippen LogP contribution in [0.4, 0.5) is 0 Å². The highest BCUT2D eigenvalue weighted by molar-refractivity contribution is 7.89. The number of sulfonamides is 1. The number of carboxylic acid groups (broad SMARTS) is 1. The van der Waals surface area contributed by atoms with E-state index in [9.17, 15) is 13.2 Å². The summed E-state index contributed by atoms with van der Waals surface area (Å²) in [6.07, 6.45) is 0. The quantitative estimate of drug-likeness (QED) is 0.894. The van der Waals surface area contributed by atoms with Crippen LogP contribution in [0, 0.1) is 12.8 Å². The Morgan fingerprint density at radius 3 is 2.20 bits per heavy atom. The van der Waals surface area contributed by atoms with Gasteiger partial charge in [0.1, 0.15) is 0 Å².